The summed E-state index contributed by atoms with van der Waals surface area (Å²) in [5.41, 5.74) is 5.07. The summed E-state index contributed by atoms with van der Waals surface area (Å²) in [7, 11) is 0. The Labute approximate surface area is 143 Å². The van der Waals surface area contributed by atoms with Crippen LogP contribution in [0.5, 0.6) is 0 Å². The Morgan fingerprint density at radius 1 is 1.08 bits per heavy atom. The predicted molar refractivity (Wildman–Crippen MR) is 93.5 cm³/mol. The molecule has 0 saturated heterocycles. The molecule has 0 unspecified atom stereocenters. The van der Waals surface area contributed by atoms with Gasteiger partial charge in [0.25, 0.3) is 0 Å². The van der Waals surface area contributed by atoms with Crippen molar-refractivity contribution in [3.05, 3.63) is 59.4 Å². The largest absolute Gasteiger partial charge is 0.299 e. The Bertz CT molecular complexity index is 1120. The molecule has 0 radical (unpaired) electrons. The first-order valence-corrected chi connectivity index (χ1v) is 7.81. The number of aromatic nitrogens is 4. The Kier molecular flexibility index (Phi) is 3.32. The number of pyridine rings is 3. The molecule has 0 atom stereocenters. The number of halogens is 1. The van der Waals surface area contributed by atoms with E-state index in [0.29, 0.717) is 10.8 Å². The summed E-state index contributed by atoms with van der Waals surface area (Å²) in [5.74, 6) is -0.0482. The minimum Gasteiger partial charge on any atom is -0.299 e. The Morgan fingerprint density at radius 3 is 2.67 bits per heavy atom. The van der Waals surface area contributed by atoms with Crippen molar-refractivity contribution >= 4 is 33.9 Å². The third-order valence-electron chi connectivity index (χ3n) is 4.08. The third kappa shape index (κ3) is 2.25. The fourth-order valence-corrected chi connectivity index (χ4v) is 3.05. The zero-order chi connectivity index (χ0) is 16.8. The van der Waals surface area contributed by atoms with E-state index in [1.807, 2.05) is 29.7 Å². The molecule has 0 N–H and O–H groups in total. The molecule has 0 fully saturated rings. The minimum atomic E-state index is -0.0482. The van der Waals surface area contributed by atoms with Crippen molar-refractivity contribution in [3.8, 4) is 11.1 Å². The number of nitrogens with zero attached hydrogens (tertiary/aromatic N) is 4. The van der Waals surface area contributed by atoms with E-state index in [1.54, 1.807) is 24.7 Å². The second-order valence-corrected chi connectivity index (χ2v) is 6.07. The molecule has 0 bridgehead atoms. The zero-order valence-electron chi connectivity index (χ0n) is 13.1. The molecule has 24 heavy (non-hydrogen) atoms. The summed E-state index contributed by atoms with van der Waals surface area (Å²) in [6.07, 6.45) is 7.11. The molecule has 4 rings (SSSR count). The number of hydrogen-bond donors (Lipinski definition) is 0. The summed E-state index contributed by atoms with van der Waals surface area (Å²) in [4.78, 5) is 24.4. The van der Waals surface area contributed by atoms with Crippen LogP contribution in [0.4, 0.5) is 0 Å². The number of ketones is 1. The van der Waals surface area contributed by atoms with Gasteiger partial charge in [-0.1, -0.05) is 11.6 Å². The van der Waals surface area contributed by atoms with Crippen molar-refractivity contribution in [3.63, 3.8) is 0 Å². The van der Waals surface area contributed by atoms with Crippen molar-refractivity contribution in [2.24, 2.45) is 0 Å². The maximum atomic E-state index is 11.5. The van der Waals surface area contributed by atoms with E-state index in [4.69, 9.17) is 11.6 Å². The van der Waals surface area contributed by atoms with E-state index in [-0.39, 0.29) is 5.78 Å². The van der Waals surface area contributed by atoms with Gasteiger partial charge in [-0.05, 0) is 24.6 Å². The van der Waals surface area contributed by atoms with Crippen LogP contribution in [0, 0.1) is 6.92 Å². The fraction of sp³-hybridized carbons (Fsp3) is 0.111. The maximum absolute atomic E-state index is 11.5. The van der Waals surface area contributed by atoms with Crippen LogP contribution in [-0.2, 0) is 0 Å². The smallest absolute Gasteiger partial charge is 0.178 e. The van der Waals surface area contributed by atoms with Crippen LogP contribution in [0.3, 0.4) is 0 Å². The highest BCUT2D eigenvalue weighted by Crippen LogP contribution is 2.31. The lowest BCUT2D eigenvalue weighted by molar-refractivity contribution is 0.101. The Morgan fingerprint density at radius 2 is 1.92 bits per heavy atom. The van der Waals surface area contributed by atoms with Gasteiger partial charge in [-0.15, -0.1) is 0 Å². The minimum absolute atomic E-state index is 0.0482. The summed E-state index contributed by atoms with van der Waals surface area (Å²) in [6, 6.07) is 5.65. The average molecular weight is 337 g/mol. The quantitative estimate of drug-likeness (QED) is 0.408. The fourth-order valence-electron chi connectivity index (χ4n) is 2.90. The SMILES string of the molecule is CC(=O)c1cc(C)c(-c2cc3cnc(Cl)cc3n3ccnc23)cn1. The van der Waals surface area contributed by atoms with Crippen LogP contribution in [0.25, 0.3) is 27.7 Å². The highest BCUT2D eigenvalue weighted by atomic mass is 35.5. The average Bonchev–Trinajstić information content (AvgIpc) is 3.04. The van der Waals surface area contributed by atoms with E-state index in [0.717, 1.165) is 33.2 Å². The summed E-state index contributed by atoms with van der Waals surface area (Å²) in [5, 5.41) is 1.39. The standard InChI is InChI=1S/C18H13ClN4O/c1-10-5-15(11(2)24)21-9-14(10)13-6-12-8-22-17(19)7-16(12)23-4-3-20-18(13)23/h3-9H,1-2H3. The van der Waals surface area contributed by atoms with E-state index in [1.165, 1.54) is 6.92 Å². The third-order valence-corrected chi connectivity index (χ3v) is 4.29. The number of aryl methyl sites for hydroxylation is 1. The van der Waals surface area contributed by atoms with E-state index < -0.39 is 0 Å². The molecule has 0 spiro atoms. The van der Waals surface area contributed by atoms with Gasteiger partial charge in [0.2, 0.25) is 0 Å². The van der Waals surface area contributed by atoms with E-state index in [9.17, 15) is 4.79 Å². The highest BCUT2D eigenvalue weighted by molar-refractivity contribution is 6.30. The molecule has 0 amide bonds. The van der Waals surface area contributed by atoms with Crippen LogP contribution in [0.1, 0.15) is 23.0 Å². The molecule has 0 aliphatic carbocycles. The van der Waals surface area contributed by atoms with Gasteiger partial charge in [0.05, 0.1) is 5.52 Å². The van der Waals surface area contributed by atoms with Gasteiger partial charge in [0.1, 0.15) is 16.5 Å². The molecule has 5 nitrogen and oxygen atoms in total. The van der Waals surface area contributed by atoms with Crippen LogP contribution in [-0.4, -0.2) is 25.1 Å². The molecule has 4 heterocycles. The van der Waals surface area contributed by atoms with Crippen molar-refractivity contribution in [1.29, 1.82) is 0 Å². The molecule has 0 saturated carbocycles. The lowest BCUT2D eigenvalue weighted by Gasteiger charge is -2.11. The Balaban J connectivity index is 2.04. The second-order valence-electron chi connectivity index (χ2n) is 5.69. The summed E-state index contributed by atoms with van der Waals surface area (Å²) in [6.45, 7) is 3.48. The number of fused-ring (bicyclic) bond motifs is 3. The van der Waals surface area contributed by atoms with Crippen molar-refractivity contribution < 1.29 is 4.79 Å². The van der Waals surface area contributed by atoms with Gasteiger partial charge in [0.15, 0.2) is 5.78 Å². The second kappa shape index (κ2) is 5.39. The van der Waals surface area contributed by atoms with Gasteiger partial charge in [-0.3, -0.25) is 14.2 Å². The van der Waals surface area contributed by atoms with Crippen molar-refractivity contribution in [2.45, 2.75) is 13.8 Å². The normalized spacial score (nSPS) is 11.3. The van der Waals surface area contributed by atoms with Crippen molar-refractivity contribution in [2.75, 3.05) is 0 Å². The monoisotopic (exact) mass is 336 g/mol. The molecule has 4 aromatic heterocycles. The predicted octanol–water partition coefficient (Wildman–Crippen LogP) is 4.11. The van der Waals surface area contributed by atoms with Gasteiger partial charge >= 0.3 is 0 Å². The first-order chi connectivity index (χ1) is 11.5. The number of rotatable bonds is 2. The van der Waals surface area contributed by atoms with E-state index >= 15 is 0 Å². The number of carbonyl (C=O) groups excluding carboxylic acids is 1. The lowest BCUT2D eigenvalue weighted by atomic mass is 10.0. The van der Waals surface area contributed by atoms with Crippen LogP contribution in [0.15, 0.2) is 43.0 Å². The van der Waals surface area contributed by atoms with Crippen LogP contribution in [0.2, 0.25) is 5.15 Å². The molecular weight excluding hydrogens is 324 g/mol. The molecule has 6 heteroatoms. The molecule has 0 aliphatic heterocycles. The summed E-state index contributed by atoms with van der Waals surface area (Å²) >= 11 is 6.03. The van der Waals surface area contributed by atoms with Crippen LogP contribution < -0.4 is 0 Å². The van der Waals surface area contributed by atoms with Gasteiger partial charge in [-0.2, -0.15) is 0 Å². The Hall–Kier alpha value is -2.79. The number of imidazole rings is 1. The topological polar surface area (TPSA) is 60.2 Å². The van der Waals surface area contributed by atoms with Crippen molar-refractivity contribution in [1.82, 2.24) is 19.4 Å². The first-order valence-electron chi connectivity index (χ1n) is 7.44. The van der Waals surface area contributed by atoms with Gasteiger partial charge in [-0.25, -0.2) is 9.97 Å². The van der Waals surface area contributed by atoms with Gasteiger partial charge in [0, 0.05) is 54.3 Å². The van der Waals surface area contributed by atoms with Gasteiger partial charge < -0.3 is 0 Å². The molecule has 0 aliphatic rings. The highest BCUT2D eigenvalue weighted by Gasteiger charge is 2.14. The number of hydrogen-bond acceptors (Lipinski definition) is 4. The lowest BCUT2D eigenvalue weighted by Crippen LogP contribution is -1.99. The number of Topliss-reactive ketones (excluding diaryl/α,β-unsaturated/α-hetero) is 1. The molecule has 118 valence electrons. The first kappa shape index (κ1) is 14.8. The summed E-state index contributed by atoms with van der Waals surface area (Å²) < 4.78 is 1.98. The maximum Gasteiger partial charge on any atom is 0.178 e. The zero-order valence-corrected chi connectivity index (χ0v) is 13.9. The number of carbonyl (C=O) groups is 1. The van der Waals surface area contributed by atoms with E-state index in [2.05, 4.69) is 15.0 Å². The molecular formula is C18H13ClN4O. The molecule has 4 aromatic rings. The van der Waals surface area contributed by atoms with Crippen LogP contribution >= 0.6 is 11.6 Å². The molecule has 0 aromatic carbocycles.